The van der Waals surface area contributed by atoms with Gasteiger partial charge in [-0.05, 0) is 43.4 Å². The van der Waals surface area contributed by atoms with Crippen molar-refractivity contribution in [2.45, 2.75) is 57.2 Å². The second-order valence-corrected chi connectivity index (χ2v) is 6.70. The van der Waals surface area contributed by atoms with Crippen LogP contribution in [-0.2, 0) is 6.54 Å². The van der Waals surface area contributed by atoms with Crippen molar-refractivity contribution >= 4 is 17.3 Å². The van der Waals surface area contributed by atoms with Gasteiger partial charge in [0.05, 0.1) is 17.3 Å². The van der Waals surface area contributed by atoms with Gasteiger partial charge in [0.2, 0.25) is 0 Å². The molecule has 3 nitrogen and oxygen atoms in total. The van der Waals surface area contributed by atoms with E-state index in [1.807, 2.05) is 0 Å². The number of rotatable bonds is 7. The van der Waals surface area contributed by atoms with Crippen molar-refractivity contribution in [2.75, 3.05) is 18.1 Å². The monoisotopic (exact) mass is 308 g/mol. The standard InChI is InChI=1S/C17H25ClN2O/c18-16-11-13(12-19-14-6-7-14)5-8-17(16)20(9-10-21)15-3-1-2-4-15/h5,8,11,14-15,19,21H,1-4,6-7,9-10,12H2. The number of anilines is 1. The molecule has 2 aliphatic rings. The molecule has 0 aliphatic heterocycles. The Morgan fingerprint density at radius 3 is 2.57 bits per heavy atom. The molecular weight excluding hydrogens is 284 g/mol. The van der Waals surface area contributed by atoms with E-state index in [-0.39, 0.29) is 6.61 Å². The van der Waals surface area contributed by atoms with Gasteiger partial charge in [0.25, 0.3) is 0 Å². The first-order chi connectivity index (χ1) is 10.3. The van der Waals surface area contributed by atoms with E-state index in [9.17, 15) is 5.11 Å². The third-order valence-electron chi connectivity index (χ3n) is 4.60. The Labute approximate surface area is 132 Å². The van der Waals surface area contributed by atoms with Gasteiger partial charge in [-0.2, -0.15) is 0 Å². The van der Waals surface area contributed by atoms with E-state index in [0.717, 1.165) is 17.3 Å². The van der Waals surface area contributed by atoms with Gasteiger partial charge in [0, 0.05) is 25.2 Å². The minimum atomic E-state index is 0.178. The maximum Gasteiger partial charge on any atom is 0.0642 e. The average molecular weight is 309 g/mol. The van der Waals surface area contributed by atoms with Crippen LogP contribution in [0.1, 0.15) is 44.1 Å². The first-order valence-electron chi connectivity index (χ1n) is 8.17. The van der Waals surface area contributed by atoms with Crippen molar-refractivity contribution in [3.05, 3.63) is 28.8 Å². The lowest BCUT2D eigenvalue weighted by molar-refractivity contribution is 0.297. The smallest absolute Gasteiger partial charge is 0.0642 e. The van der Waals surface area contributed by atoms with Crippen LogP contribution in [0.3, 0.4) is 0 Å². The van der Waals surface area contributed by atoms with Crippen LogP contribution >= 0.6 is 11.6 Å². The topological polar surface area (TPSA) is 35.5 Å². The van der Waals surface area contributed by atoms with Crippen LogP contribution in [0, 0.1) is 0 Å². The van der Waals surface area contributed by atoms with Gasteiger partial charge in [-0.25, -0.2) is 0 Å². The van der Waals surface area contributed by atoms with E-state index in [0.29, 0.717) is 18.6 Å². The summed E-state index contributed by atoms with van der Waals surface area (Å²) in [6.45, 7) is 1.75. The zero-order valence-corrected chi connectivity index (χ0v) is 13.3. The summed E-state index contributed by atoms with van der Waals surface area (Å²) in [5, 5.41) is 13.7. The molecule has 1 aromatic rings. The normalized spacial score (nSPS) is 19.1. The van der Waals surface area contributed by atoms with Crippen molar-refractivity contribution in [3.63, 3.8) is 0 Å². The largest absolute Gasteiger partial charge is 0.395 e. The molecular formula is C17H25ClN2O. The van der Waals surface area contributed by atoms with Crippen LogP contribution in [-0.4, -0.2) is 30.3 Å². The molecule has 0 saturated heterocycles. The van der Waals surface area contributed by atoms with Gasteiger partial charge in [-0.3, -0.25) is 0 Å². The van der Waals surface area contributed by atoms with Crippen molar-refractivity contribution in [3.8, 4) is 0 Å². The van der Waals surface area contributed by atoms with Gasteiger partial charge in [0.1, 0.15) is 0 Å². The minimum Gasteiger partial charge on any atom is -0.395 e. The molecule has 0 bridgehead atoms. The lowest BCUT2D eigenvalue weighted by Crippen LogP contribution is -2.35. The SMILES string of the molecule is OCCN(c1ccc(CNC2CC2)cc1Cl)C1CCCC1. The van der Waals surface area contributed by atoms with E-state index < -0.39 is 0 Å². The highest BCUT2D eigenvalue weighted by molar-refractivity contribution is 6.33. The van der Waals surface area contributed by atoms with Crippen molar-refractivity contribution in [1.82, 2.24) is 5.32 Å². The zero-order chi connectivity index (χ0) is 14.7. The van der Waals surface area contributed by atoms with Crippen molar-refractivity contribution < 1.29 is 5.11 Å². The Bertz CT molecular complexity index is 470. The Morgan fingerprint density at radius 1 is 1.19 bits per heavy atom. The highest BCUT2D eigenvalue weighted by Gasteiger charge is 2.24. The van der Waals surface area contributed by atoms with Gasteiger partial charge in [0.15, 0.2) is 0 Å². The Hall–Kier alpha value is -0.770. The summed E-state index contributed by atoms with van der Waals surface area (Å²) in [6, 6.07) is 7.61. The maximum atomic E-state index is 9.36. The molecule has 2 N–H and O–H groups in total. The fourth-order valence-corrected chi connectivity index (χ4v) is 3.58. The highest BCUT2D eigenvalue weighted by Crippen LogP contribution is 2.33. The van der Waals surface area contributed by atoms with Gasteiger partial charge in [-0.1, -0.05) is 30.5 Å². The number of hydrogen-bond acceptors (Lipinski definition) is 3. The molecule has 2 fully saturated rings. The van der Waals surface area contributed by atoms with Crippen LogP contribution < -0.4 is 10.2 Å². The Kier molecular flexibility index (Phi) is 5.04. The van der Waals surface area contributed by atoms with Crippen LogP contribution in [0.2, 0.25) is 5.02 Å². The van der Waals surface area contributed by atoms with Gasteiger partial charge in [-0.15, -0.1) is 0 Å². The summed E-state index contributed by atoms with van der Waals surface area (Å²) in [5.41, 5.74) is 2.32. The number of halogens is 1. The third-order valence-corrected chi connectivity index (χ3v) is 4.90. The summed E-state index contributed by atoms with van der Waals surface area (Å²) in [4.78, 5) is 2.30. The fourth-order valence-electron chi connectivity index (χ4n) is 3.27. The van der Waals surface area contributed by atoms with Crippen molar-refractivity contribution in [1.29, 1.82) is 0 Å². The second kappa shape index (κ2) is 6.99. The van der Waals surface area contributed by atoms with E-state index in [4.69, 9.17) is 11.6 Å². The predicted octanol–water partition coefficient (Wildman–Crippen LogP) is 3.33. The number of benzene rings is 1. The average Bonchev–Trinajstić information content (AvgIpc) is 3.16. The predicted molar refractivity (Wildman–Crippen MR) is 88.0 cm³/mol. The molecule has 4 heteroatoms. The minimum absolute atomic E-state index is 0.178. The summed E-state index contributed by atoms with van der Waals surface area (Å²) in [6.07, 6.45) is 7.60. The summed E-state index contributed by atoms with van der Waals surface area (Å²) >= 11 is 6.52. The first-order valence-corrected chi connectivity index (χ1v) is 8.55. The summed E-state index contributed by atoms with van der Waals surface area (Å²) < 4.78 is 0. The number of hydrogen-bond donors (Lipinski definition) is 2. The van der Waals surface area contributed by atoms with Crippen LogP contribution in [0.4, 0.5) is 5.69 Å². The molecule has 0 radical (unpaired) electrons. The maximum absolute atomic E-state index is 9.36. The molecule has 1 aromatic carbocycles. The highest BCUT2D eigenvalue weighted by atomic mass is 35.5. The van der Waals surface area contributed by atoms with Crippen molar-refractivity contribution in [2.24, 2.45) is 0 Å². The molecule has 21 heavy (non-hydrogen) atoms. The number of nitrogens with zero attached hydrogens (tertiary/aromatic N) is 1. The molecule has 2 aliphatic carbocycles. The van der Waals surface area contributed by atoms with E-state index in [1.54, 1.807) is 0 Å². The Morgan fingerprint density at radius 2 is 1.95 bits per heavy atom. The number of aliphatic hydroxyl groups is 1. The van der Waals surface area contributed by atoms with Crippen LogP contribution in [0.5, 0.6) is 0 Å². The molecule has 0 heterocycles. The zero-order valence-electron chi connectivity index (χ0n) is 12.5. The Balaban J connectivity index is 1.71. The quantitative estimate of drug-likeness (QED) is 0.811. The van der Waals surface area contributed by atoms with Crippen LogP contribution in [0.15, 0.2) is 18.2 Å². The van der Waals surface area contributed by atoms with Gasteiger partial charge < -0.3 is 15.3 Å². The summed E-state index contributed by atoms with van der Waals surface area (Å²) in [5.74, 6) is 0. The summed E-state index contributed by atoms with van der Waals surface area (Å²) in [7, 11) is 0. The van der Waals surface area contributed by atoms with E-state index >= 15 is 0 Å². The third kappa shape index (κ3) is 3.91. The molecule has 0 spiro atoms. The molecule has 0 unspecified atom stereocenters. The molecule has 0 aromatic heterocycles. The van der Waals surface area contributed by atoms with E-state index in [1.165, 1.54) is 44.1 Å². The molecule has 0 atom stereocenters. The lowest BCUT2D eigenvalue weighted by Gasteiger charge is -2.31. The molecule has 3 rings (SSSR count). The van der Waals surface area contributed by atoms with Crippen LogP contribution in [0.25, 0.3) is 0 Å². The number of nitrogens with one attached hydrogen (secondary N) is 1. The molecule has 116 valence electrons. The molecule has 2 saturated carbocycles. The lowest BCUT2D eigenvalue weighted by atomic mass is 10.1. The van der Waals surface area contributed by atoms with Gasteiger partial charge >= 0.3 is 0 Å². The second-order valence-electron chi connectivity index (χ2n) is 6.30. The first kappa shape index (κ1) is 15.1. The molecule has 0 amide bonds. The fraction of sp³-hybridized carbons (Fsp3) is 0.647. The van der Waals surface area contributed by atoms with E-state index in [2.05, 4.69) is 28.4 Å². The number of aliphatic hydroxyl groups excluding tert-OH is 1.